The summed E-state index contributed by atoms with van der Waals surface area (Å²) >= 11 is 0. The van der Waals surface area contributed by atoms with E-state index in [1.165, 1.54) is 0 Å². The minimum absolute atomic E-state index is 0.472. The van der Waals surface area contributed by atoms with E-state index in [4.69, 9.17) is 4.74 Å². The molecule has 2 N–H and O–H groups in total. The van der Waals surface area contributed by atoms with Crippen molar-refractivity contribution < 1.29 is 14.6 Å². The lowest BCUT2D eigenvalue weighted by Crippen LogP contribution is -2.48. The second-order valence-electron chi connectivity index (χ2n) is 4.45. The summed E-state index contributed by atoms with van der Waals surface area (Å²) in [6, 6.07) is 3.63. The molecular weight excluding hydrogens is 232 g/mol. The van der Waals surface area contributed by atoms with E-state index in [2.05, 4.69) is 10.3 Å². The Bertz CT molecular complexity index is 392. The first-order valence-electron chi connectivity index (χ1n) is 5.99. The van der Waals surface area contributed by atoms with Gasteiger partial charge in [-0.15, -0.1) is 0 Å². The molecule has 0 saturated heterocycles. The molecular formula is C13H20N2O3. The highest BCUT2D eigenvalue weighted by atomic mass is 16.5. The number of nitrogens with one attached hydrogen (secondary N) is 1. The summed E-state index contributed by atoms with van der Waals surface area (Å²) in [5, 5.41) is 12.3. The fraction of sp³-hybridized carbons (Fsp3) is 0.538. The molecule has 0 saturated carbocycles. The zero-order chi connectivity index (χ0) is 13.6. The maximum absolute atomic E-state index is 11.2. The molecule has 1 aromatic rings. The van der Waals surface area contributed by atoms with Gasteiger partial charge >= 0.3 is 5.97 Å². The van der Waals surface area contributed by atoms with Gasteiger partial charge in [-0.1, -0.05) is 19.4 Å². The van der Waals surface area contributed by atoms with Gasteiger partial charge in [0.1, 0.15) is 5.54 Å². The zero-order valence-corrected chi connectivity index (χ0v) is 11.1. The fourth-order valence-corrected chi connectivity index (χ4v) is 1.70. The molecule has 1 rings (SSSR count). The average molecular weight is 252 g/mol. The van der Waals surface area contributed by atoms with Crippen LogP contribution in [0.25, 0.3) is 0 Å². The van der Waals surface area contributed by atoms with Crippen molar-refractivity contribution in [2.75, 3.05) is 7.11 Å². The molecule has 100 valence electrons. The normalized spacial score (nSPS) is 13.9. The van der Waals surface area contributed by atoms with E-state index in [1.807, 2.05) is 13.0 Å². The molecule has 0 aliphatic rings. The van der Waals surface area contributed by atoms with Crippen molar-refractivity contribution in [1.29, 1.82) is 0 Å². The predicted octanol–water partition coefficient (Wildman–Crippen LogP) is 1.82. The zero-order valence-electron chi connectivity index (χ0n) is 11.1. The third kappa shape index (κ3) is 3.70. The molecule has 1 aromatic heterocycles. The molecule has 1 unspecified atom stereocenters. The van der Waals surface area contributed by atoms with Crippen LogP contribution in [0.4, 0.5) is 0 Å². The quantitative estimate of drug-likeness (QED) is 0.774. The van der Waals surface area contributed by atoms with Crippen LogP contribution in [0.3, 0.4) is 0 Å². The van der Waals surface area contributed by atoms with E-state index in [9.17, 15) is 9.90 Å². The lowest BCUT2D eigenvalue weighted by atomic mass is 9.96. The number of carbonyl (C=O) groups is 1. The van der Waals surface area contributed by atoms with Crippen LogP contribution in [-0.2, 0) is 11.3 Å². The number of ether oxygens (including phenoxy) is 1. The van der Waals surface area contributed by atoms with Gasteiger partial charge in [0.2, 0.25) is 5.88 Å². The first kappa shape index (κ1) is 14.4. The van der Waals surface area contributed by atoms with E-state index in [0.29, 0.717) is 18.8 Å². The number of hydrogen-bond acceptors (Lipinski definition) is 4. The van der Waals surface area contributed by atoms with Gasteiger partial charge in [-0.3, -0.25) is 10.1 Å². The van der Waals surface area contributed by atoms with Crippen molar-refractivity contribution >= 4 is 5.97 Å². The van der Waals surface area contributed by atoms with Gasteiger partial charge in [0.05, 0.1) is 7.11 Å². The molecule has 0 aliphatic heterocycles. The highest BCUT2D eigenvalue weighted by Gasteiger charge is 2.31. The van der Waals surface area contributed by atoms with Crippen molar-refractivity contribution in [3.05, 3.63) is 23.9 Å². The summed E-state index contributed by atoms with van der Waals surface area (Å²) in [6.45, 7) is 4.15. The summed E-state index contributed by atoms with van der Waals surface area (Å²) < 4.78 is 4.97. The van der Waals surface area contributed by atoms with Gasteiger partial charge in [-0.2, -0.15) is 0 Å². The number of nitrogens with zero attached hydrogens (tertiary/aromatic N) is 1. The second kappa shape index (κ2) is 6.35. The molecule has 18 heavy (non-hydrogen) atoms. The van der Waals surface area contributed by atoms with Crippen LogP contribution in [0.1, 0.15) is 32.3 Å². The number of aromatic nitrogens is 1. The Morgan fingerprint density at radius 1 is 1.56 bits per heavy atom. The maximum Gasteiger partial charge on any atom is 0.323 e. The van der Waals surface area contributed by atoms with Crippen molar-refractivity contribution in [1.82, 2.24) is 10.3 Å². The Hall–Kier alpha value is -1.62. The number of carboxylic acids is 1. The van der Waals surface area contributed by atoms with E-state index in [-0.39, 0.29) is 0 Å². The lowest BCUT2D eigenvalue weighted by Gasteiger charge is -2.25. The molecule has 1 atom stereocenters. The number of methoxy groups -OCH3 is 1. The topological polar surface area (TPSA) is 71.5 Å². The van der Waals surface area contributed by atoms with Gasteiger partial charge in [0.25, 0.3) is 0 Å². The third-order valence-corrected chi connectivity index (χ3v) is 2.91. The van der Waals surface area contributed by atoms with E-state index >= 15 is 0 Å². The number of rotatable bonds is 7. The Balaban J connectivity index is 2.64. The van der Waals surface area contributed by atoms with Crippen molar-refractivity contribution in [3.63, 3.8) is 0 Å². The molecule has 0 aliphatic carbocycles. The summed E-state index contributed by atoms with van der Waals surface area (Å²) in [5.41, 5.74) is 0.0358. The largest absolute Gasteiger partial charge is 0.481 e. The Morgan fingerprint density at radius 2 is 2.28 bits per heavy atom. The number of carboxylic acid groups (broad SMARTS) is 1. The molecule has 5 nitrogen and oxygen atoms in total. The first-order chi connectivity index (χ1) is 8.51. The van der Waals surface area contributed by atoms with Crippen LogP contribution in [0, 0.1) is 0 Å². The molecule has 0 amide bonds. The third-order valence-electron chi connectivity index (χ3n) is 2.91. The summed E-state index contributed by atoms with van der Waals surface area (Å²) in [7, 11) is 1.56. The molecule has 0 fully saturated rings. The van der Waals surface area contributed by atoms with Crippen LogP contribution < -0.4 is 10.1 Å². The fourth-order valence-electron chi connectivity index (χ4n) is 1.70. The van der Waals surface area contributed by atoms with Gasteiger partial charge < -0.3 is 9.84 Å². The molecule has 1 heterocycles. The van der Waals surface area contributed by atoms with Gasteiger partial charge in [0.15, 0.2) is 0 Å². The highest BCUT2D eigenvalue weighted by molar-refractivity contribution is 5.78. The smallest absolute Gasteiger partial charge is 0.323 e. The van der Waals surface area contributed by atoms with Gasteiger partial charge in [0, 0.05) is 18.8 Å². The Kier molecular flexibility index (Phi) is 5.09. The summed E-state index contributed by atoms with van der Waals surface area (Å²) in [6.07, 6.45) is 3.09. The Labute approximate surface area is 107 Å². The Morgan fingerprint density at radius 3 is 2.72 bits per heavy atom. The van der Waals surface area contributed by atoms with Crippen molar-refractivity contribution in [2.24, 2.45) is 0 Å². The van der Waals surface area contributed by atoms with E-state index < -0.39 is 11.5 Å². The minimum atomic E-state index is -0.894. The minimum Gasteiger partial charge on any atom is -0.481 e. The monoisotopic (exact) mass is 252 g/mol. The van der Waals surface area contributed by atoms with Crippen molar-refractivity contribution in [3.8, 4) is 5.88 Å². The molecule has 0 radical (unpaired) electrons. The van der Waals surface area contributed by atoms with Crippen LogP contribution in [0.2, 0.25) is 0 Å². The van der Waals surface area contributed by atoms with E-state index in [0.717, 1.165) is 12.0 Å². The molecule has 0 aromatic carbocycles. The highest BCUT2D eigenvalue weighted by Crippen LogP contribution is 2.14. The standard InChI is InChI=1S/C13H20N2O3/c1-4-7-13(2,12(16)17)15-9-10-5-6-11(18-3)14-8-10/h5-6,8,15H,4,7,9H2,1-3H3,(H,16,17). The molecule has 0 bridgehead atoms. The maximum atomic E-state index is 11.2. The number of hydrogen-bond donors (Lipinski definition) is 2. The van der Waals surface area contributed by atoms with Crippen LogP contribution >= 0.6 is 0 Å². The predicted molar refractivity (Wildman–Crippen MR) is 68.6 cm³/mol. The number of pyridine rings is 1. The van der Waals surface area contributed by atoms with Gasteiger partial charge in [-0.25, -0.2) is 4.98 Å². The average Bonchev–Trinajstić information content (AvgIpc) is 2.37. The second-order valence-corrected chi connectivity index (χ2v) is 4.45. The SMILES string of the molecule is CCCC(C)(NCc1ccc(OC)nc1)C(=O)O. The van der Waals surface area contributed by atoms with Crippen LogP contribution in [0.5, 0.6) is 5.88 Å². The molecule has 0 spiro atoms. The van der Waals surface area contributed by atoms with Crippen LogP contribution in [0.15, 0.2) is 18.3 Å². The molecule has 5 heteroatoms. The first-order valence-corrected chi connectivity index (χ1v) is 5.99. The van der Waals surface area contributed by atoms with Crippen molar-refractivity contribution in [2.45, 2.75) is 38.8 Å². The number of aliphatic carboxylic acids is 1. The van der Waals surface area contributed by atoms with Gasteiger partial charge in [-0.05, 0) is 18.9 Å². The lowest BCUT2D eigenvalue weighted by molar-refractivity contribution is -0.144. The summed E-state index contributed by atoms with van der Waals surface area (Å²) in [4.78, 5) is 15.3. The van der Waals surface area contributed by atoms with E-state index in [1.54, 1.807) is 26.3 Å². The van der Waals surface area contributed by atoms with Crippen LogP contribution in [-0.4, -0.2) is 28.7 Å². The summed E-state index contributed by atoms with van der Waals surface area (Å²) in [5.74, 6) is -0.279.